The zero-order valence-corrected chi connectivity index (χ0v) is 12.0. The van der Waals surface area contributed by atoms with Gasteiger partial charge >= 0.3 is 12.0 Å². The van der Waals surface area contributed by atoms with Gasteiger partial charge in [-0.15, -0.1) is 0 Å². The highest BCUT2D eigenvalue weighted by molar-refractivity contribution is 5.83. The average molecular weight is 278 g/mol. The first kappa shape index (κ1) is 16.0. The molecule has 1 rings (SSSR count). The Labute approximate surface area is 119 Å². The van der Waals surface area contributed by atoms with Crippen molar-refractivity contribution in [2.45, 2.75) is 32.7 Å². The van der Waals surface area contributed by atoms with Crippen LogP contribution in [0.2, 0.25) is 0 Å². The molecule has 0 aliphatic rings. The molecule has 0 bridgehead atoms. The van der Waals surface area contributed by atoms with E-state index in [0.717, 1.165) is 12.8 Å². The summed E-state index contributed by atoms with van der Waals surface area (Å²) in [4.78, 5) is 25.2. The molecule has 20 heavy (non-hydrogen) atoms. The molecule has 0 aliphatic heterocycles. The van der Waals surface area contributed by atoms with Crippen LogP contribution in [-0.2, 0) is 4.79 Å². The van der Waals surface area contributed by atoms with Crippen LogP contribution in [0.4, 0.5) is 4.79 Å². The molecule has 5 heteroatoms. The maximum atomic E-state index is 12.2. The molecular formula is C15H22N2O3. The summed E-state index contributed by atoms with van der Waals surface area (Å²) < 4.78 is 0. The summed E-state index contributed by atoms with van der Waals surface area (Å²) in [6.45, 7) is 5.23. The first-order valence-electron chi connectivity index (χ1n) is 6.93. The molecular weight excluding hydrogens is 256 g/mol. The number of hydrogen-bond acceptors (Lipinski definition) is 2. The summed E-state index contributed by atoms with van der Waals surface area (Å²) >= 11 is 0. The van der Waals surface area contributed by atoms with Crippen molar-refractivity contribution < 1.29 is 14.7 Å². The Morgan fingerprint density at radius 2 is 1.70 bits per heavy atom. The van der Waals surface area contributed by atoms with E-state index in [-0.39, 0.29) is 6.03 Å². The molecule has 0 unspecified atom stereocenters. The van der Waals surface area contributed by atoms with Crippen LogP contribution in [0.15, 0.2) is 30.3 Å². The van der Waals surface area contributed by atoms with Gasteiger partial charge in [-0.25, -0.2) is 9.59 Å². The minimum absolute atomic E-state index is 0.329. The van der Waals surface area contributed by atoms with Crippen molar-refractivity contribution in [1.82, 2.24) is 10.2 Å². The third-order valence-corrected chi connectivity index (χ3v) is 2.92. The number of carboxylic acid groups (broad SMARTS) is 1. The second kappa shape index (κ2) is 8.19. The predicted molar refractivity (Wildman–Crippen MR) is 77.5 cm³/mol. The molecule has 0 saturated heterocycles. The van der Waals surface area contributed by atoms with E-state index in [1.807, 2.05) is 19.9 Å². The van der Waals surface area contributed by atoms with Gasteiger partial charge in [0.2, 0.25) is 0 Å². The van der Waals surface area contributed by atoms with Crippen molar-refractivity contribution in [1.29, 1.82) is 0 Å². The molecule has 0 aromatic heterocycles. The van der Waals surface area contributed by atoms with E-state index >= 15 is 0 Å². The zero-order chi connectivity index (χ0) is 15.0. The van der Waals surface area contributed by atoms with Crippen molar-refractivity contribution in [3.05, 3.63) is 35.9 Å². The van der Waals surface area contributed by atoms with Gasteiger partial charge < -0.3 is 15.3 Å². The van der Waals surface area contributed by atoms with Crippen molar-refractivity contribution in [2.24, 2.45) is 0 Å². The lowest BCUT2D eigenvalue weighted by molar-refractivity contribution is -0.139. The minimum atomic E-state index is -1.06. The van der Waals surface area contributed by atoms with Crippen molar-refractivity contribution in [2.75, 3.05) is 13.1 Å². The lowest BCUT2D eigenvalue weighted by Crippen LogP contribution is -2.44. The lowest BCUT2D eigenvalue weighted by Gasteiger charge is -2.24. The van der Waals surface area contributed by atoms with E-state index in [9.17, 15) is 14.7 Å². The quantitative estimate of drug-likeness (QED) is 0.805. The molecule has 0 aliphatic carbocycles. The number of urea groups is 1. The number of hydrogen-bond donors (Lipinski definition) is 2. The predicted octanol–water partition coefficient (Wildman–Crippen LogP) is 2.64. The summed E-state index contributed by atoms with van der Waals surface area (Å²) in [5.41, 5.74) is 0.571. The summed E-state index contributed by atoms with van der Waals surface area (Å²) in [6.07, 6.45) is 1.69. The van der Waals surface area contributed by atoms with Gasteiger partial charge in [0.05, 0.1) is 0 Å². The van der Waals surface area contributed by atoms with Crippen molar-refractivity contribution in [3.8, 4) is 0 Å². The van der Waals surface area contributed by atoms with Crippen molar-refractivity contribution in [3.63, 3.8) is 0 Å². The average Bonchev–Trinajstić information content (AvgIpc) is 2.45. The molecule has 110 valence electrons. The van der Waals surface area contributed by atoms with Crippen LogP contribution in [-0.4, -0.2) is 35.1 Å². The second-order valence-corrected chi connectivity index (χ2v) is 4.62. The number of benzene rings is 1. The van der Waals surface area contributed by atoms with Crippen LogP contribution in [0.5, 0.6) is 0 Å². The monoisotopic (exact) mass is 278 g/mol. The molecule has 0 radical (unpaired) electrons. The van der Waals surface area contributed by atoms with Gasteiger partial charge in [-0.3, -0.25) is 0 Å². The number of nitrogens with one attached hydrogen (secondary N) is 1. The van der Waals surface area contributed by atoms with Crippen LogP contribution < -0.4 is 5.32 Å². The van der Waals surface area contributed by atoms with Gasteiger partial charge in [-0.05, 0) is 18.4 Å². The Morgan fingerprint density at radius 3 is 2.15 bits per heavy atom. The SMILES string of the molecule is CCCN(CCC)C(=O)N[C@@H](C(=O)O)c1ccccc1. The Bertz CT molecular complexity index is 428. The summed E-state index contributed by atoms with van der Waals surface area (Å²) in [6, 6.07) is 7.38. The van der Waals surface area contributed by atoms with Gasteiger partial charge in [0, 0.05) is 13.1 Å². The maximum absolute atomic E-state index is 12.2. The Hall–Kier alpha value is -2.04. The molecule has 0 fully saturated rings. The molecule has 0 spiro atoms. The Kier molecular flexibility index (Phi) is 6.56. The Balaban J connectivity index is 2.80. The van der Waals surface area contributed by atoms with Crippen LogP contribution >= 0.6 is 0 Å². The summed E-state index contributed by atoms with van der Waals surface area (Å²) in [5.74, 6) is -1.06. The topological polar surface area (TPSA) is 69.6 Å². The first-order chi connectivity index (χ1) is 9.60. The molecule has 1 aromatic carbocycles. The minimum Gasteiger partial charge on any atom is -0.479 e. The third-order valence-electron chi connectivity index (χ3n) is 2.92. The highest BCUT2D eigenvalue weighted by Gasteiger charge is 2.24. The second-order valence-electron chi connectivity index (χ2n) is 4.62. The van der Waals surface area contributed by atoms with Crippen LogP contribution in [0.1, 0.15) is 38.3 Å². The van der Waals surface area contributed by atoms with Gasteiger partial charge in [-0.1, -0.05) is 44.2 Å². The van der Waals surface area contributed by atoms with Crippen LogP contribution in [0, 0.1) is 0 Å². The fourth-order valence-corrected chi connectivity index (χ4v) is 2.00. The number of carbonyl (C=O) groups excluding carboxylic acids is 1. The molecule has 0 heterocycles. The van der Waals surface area contributed by atoms with E-state index in [1.54, 1.807) is 29.2 Å². The molecule has 2 amide bonds. The highest BCUT2D eigenvalue weighted by atomic mass is 16.4. The van der Waals surface area contributed by atoms with Gasteiger partial charge in [0.15, 0.2) is 6.04 Å². The Morgan fingerprint density at radius 1 is 1.15 bits per heavy atom. The number of rotatable bonds is 7. The van der Waals surface area contributed by atoms with E-state index < -0.39 is 12.0 Å². The molecule has 0 saturated carbocycles. The zero-order valence-electron chi connectivity index (χ0n) is 12.0. The largest absolute Gasteiger partial charge is 0.479 e. The number of nitrogens with zero attached hydrogens (tertiary/aromatic N) is 1. The van der Waals surface area contributed by atoms with E-state index in [4.69, 9.17) is 0 Å². The summed E-state index contributed by atoms with van der Waals surface area (Å²) in [5, 5.41) is 11.9. The van der Waals surface area contributed by atoms with E-state index in [1.165, 1.54) is 0 Å². The number of aliphatic carboxylic acids is 1. The van der Waals surface area contributed by atoms with E-state index in [2.05, 4.69) is 5.32 Å². The fraction of sp³-hybridized carbons (Fsp3) is 0.467. The smallest absolute Gasteiger partial charge is 0.330 e. The standard InChI is InChI=1S/C15H22N2O3/c1-3-10-17(11-4-2)15(20)16-13(14(18)19)12-8-6-5-7-9-12/h5-9,13H,3-4,10-11H2,1-2H3,(H,16,20)(H,18,19)/t13-/m1/s1. The van der Waals surface area contributed by atoms with Crippen LogP contribution in [0.3, 0.4) is 0 Å². The fourth-order valence-electron chi connectivity index (χ4n) is 2.00. The van der Waals surface area contributed by atoms with Gasteiger partial charge in [0.1, 0.15) is 0 Å². The molecule has 5 nitrogen and oxygen atoms in total. The van der Waals surface area contributed by atoms with Gasteiger partial charge in [0.25, 0.3) is 0 Å². The molecule has 1 aromatic rings. The number of amides is 2. The maximum Gasteiger partial charge on any atom is 0.330 e. The highest BCUT2D eigenvalue weighted by Crippen LogP contribution is 2.13. The first-order valence-corrected chi connectivity index (χ1v) is 6.93. The van der Waals surface area contributed by atoms with Crippen LogP contribution in [0.25, 0.3) is 0 Å². The normalized spacial score (nSPS) is 11.7. The van der Waals surface area contributed by atoms with Crippen molar-refractivity contribution >= 4 is 12.0 Å². The molecule has 1 atom stereocenters. The van der Waals surface area contributed by atoms with E-state index in [0.29, 0.717) is 18.7 Å². The van der Waals surface area contributed by atoms with Gasteiger partial charge in [-0.2, -0.15) is 0 Å². The number of carboxylic acids is 1. The number of carbonyl (C=O) groups is 2. The summed E-state index contributed by atoms with van der Waals surface area (Å²) in [7, 11) is 0. The lowest BCUT2D eigenvalue weighted by atomic mass is 10.1. The molecule has 2 N–H and O–H groups in total. The third kappa shape index (κ3) is 4.57.